The largest absolute Gasteiger partial charge is 0.459 e. The molecule has 2 N–H and O–H groups in total. The molecule has 7 nitrogen and oxygen atoms in total. The molecule has 0 radical (unpaired) electrons. The number of piperidine rings is 1. The van der Waals surface area contributed by atoms with Crippen molar-refractivity contribution in [2.24, 2.45) is 5.92 Å². The number of hydrogen-bond donors (Lipinski definition) is 2. The highest BCUT2D eigenvalue weighted by molar-refractivity contribution is 5.95. The summed E-state index contributed by atoms with van der Waals surface area (Å²) in [6.07, 6.45) is 3.05. The molecular formula is C23H29N3O4. The van der Waals surface area contributed by atoms with Gasteiger partial charge in [-0.05, 0) is 44.4 Å². The maximum absolute atomic E-state index is 13.2. The van der Waals surface area contributed by atoms with Gasteiger partial charge in [-0.2, -0.15) is 0 Å². The number of likely N-dealkylation sites (tertiary alicyclic amines) is 1. The average molecular weight is 412 g/mol. The molecule has 30 heavy (non-hydrogen) atoms. The van der Waals surface area contributed by atoms with E-state index in [0.717, 1.165) is 5.56 Å². The van der Waals surface area contributed by atoms with Crippen molar-refractivity contribution in [3.8, 4) is 0 Å². The molecule has 160 valence electrons. The van der Waals surface area contributed by atoms with E-state index in [9.17, 15) is 14.4 Å². The minimum atomic E-state index is -0.703. The lowest BCUT2D eigenvalue weighted by Crippen LogP contribution is -2.52. The number of nitrogens with zero attached hydrogens (tertiary/aromatic N) is 1. The van der Waals surface area contributed by atoms with Crippen LogP contribution < -0.4 is 10.6 Å². The summed E-state index contributed by atoms with van der Waals surface area (Å²) < 4.78 is 5.16. The molecule has 1 aliphatic rings. The summed E-state index contributed by atoms with van der Waals surface area (Å²) in [7, 11) is 0. The van der Waals surface area contributed by atoms with Gasteiger partial charge < -0.3 is 20.0 Å². The maximum Gasteiger partial charge on any atom is 0.287 e. The van der Waals surface area contributed by atoms with Gasteiger partial charge in [-0.15, -0.1) is 0 Å². The van der Waals surface area contributed by atoms with Gasteiger partial charge in [-0.25, -0.2) is 0 Å². The fourth-order valence-electron chi connectivity index (χ4n) is 3.67. The Hall–Kier alpha value is -3.09. The van der Waals surface area contributed by atoms with Crippen LogP contribution in [0.5, 0.6) is 0 Å². The van der Waals surface area contributed by atoms with Crippen LogP contribution in [0.15, 0.2) is 53.1 Å². The van der Waals surface area contributed by atoms with Crippen molar-refractivity contribution in [1.82, 2.24) is 15.5 Å². The zero-order valence-corrected chi connectivity index (χ0v) is 17.5. The summed E-state index contributed by atoms with van der Waals surface area (Å²) in [6, 6.07) is 12.2. The van der Waals surface area contributed by atoms with E-state index in [1.165, 1.54) is 6.26 Å². The number of nitrogens with one attached hydrogen (secondary N) is 2. The molecule has 0 aliphatic carbocycles. The first-order chi connectivity index (χ1) is 14.4. The van der Waals surface area contributed by atoms with Crippen LogP contribution in [0.4, 0.5) is 0 Å². The molecule has 1 atom stereocenters. The summed E-state index contributed by atoms with van der Waals surface area (Å²) in [5, 5.41) is 5.77. The Bertz CT molecular complexity index is 841. The highest BCUT2D eigenvalue weighted by Gasteiger charge is 2.32. The Morgan fingerprint density at radius 3 is 2.33 bits per heavy atom. The van der Waals surface area contributed by atoms with Crippen LogP contribution in [-0.2, 0) is 16.0 Å². The molecular weight excluding hydrogens is 382 g/mol. The van der Waals surface area contributed by atoms with Crippen LogP contribution in [0.1, 0.15) is 42.8 Å². The van der Waals surface area contributed by atoms with Gasteiger partial charge in [-0.3, -0.25) is 14.4 Å². The van der Waals surface area contributed by atoms with Crippen LogP contribution >= 0.6 is 0 Å². The molecule has 0 spiro atoms. The Morgan fingerprint density at radius 2 is 1.73 bits per heavy atom. The SMILES string of the molecule is CC(C)NC(=O)C1CCN(C(=O)C(Cc2ccccc2)NC(=O)c2ccco2)CC1. The van der Waals surface area contributed by atoms with Crippen molar-refractivity contribution >= 4 is 17.7 Å². The number of carbonyl (C=O) groups is 3. The maximum atomic E-state index is 13.2. The van der Waals surface area contributed by atoms with Gasteiger partial charge in [0.15, 0.2) is 5.76 Å². The van der Waals surface area contributed by atoms with Gasteiger partial charge in [0.25, 0.3) is 5.91 Å². The zero-order valence-electron chi connectivity index (χ0n) is 17.5. The van der Waals surface area contributed by atoms with E-state index in [-0.39, 0.29) is 29.5 Å². The fraction of sp³-hybridized carbons (Fsp3) is 0.435. The first kappa shape index (κ1) is 21.6. The first-order valence-corrected chi connectivity index (χ1v) is 10.4. The number of benzene rings is 1. The van der Waals surface area contributed by atoms with Crippen LogP contribution in [-0.4, -0.2) is 47.8 Å². The molecule has 3 amide bonds. The van der Waals surface area contributed by atoms with Crippen LogP contribution in [0.3, 0.4) is 0 Å². The quantitative estimate of drug-likeness (QED) is 0.732. The molecule has 2 heterocycles. The van der Waals surface area contributed by atoms with Gasteiger partial charge in [-0.1, -0.05) is 30.3 Å². The van der Waals surface area contributed by atoms with Crippen LogP contribution in [0.25, 0.3) is 0 Å². The Kier molecular flexibility index (Phi) is 7.27. The van der Waals surface area contributed by atoms with Gasteiger partial charge in [0.1, 0.15) is 6.04 Å². The highest BCUT2D eigenvalue weighted by Crippen LogP contribution is 2.19. The summed E-state index contributed by atoms with van der Waals surface area (Å²) in [6.45, 7) is 4.87. The second-order valence-corrected chi connectivity index (χ2v) is 7.96. The van der Waals surface area contributed by atoms with E-state index in [2.05, 4.69) is 10.6 Å². The fourth-order valence-corrected chi connectivity index (χ4v) is 3.67. The molecule has 1 unspecified atom stereocenters. The third-order valence-corrected chi connectivity index (χ3v) is 5.24. The number of carbonyl (C=O) groups excluding carboxylic acids is 3. The second kappa shape index (κ2) is 10.1. The third-order valence-electron chi connectivity index (χ3n) is 5.24. The van der Waals surface area contributed by atoms with Gasteiger partial charge in [0, 0.05) is 31.5 Å². The Balaban J connectivity index is 1.66. The molecule has 1 aromatic heterocycles. The monoisotopic (exact) mass is 411 g/mol. The van der Waals surface area contributed by atoms with E-state index in [1.54, 1.807) is 17.0 Å². The number of furan rings is 1. The van der Waals surface area contributed by atoms with Crippen molar-refractivity contribution in [3.05, 3.63) is 60.1 Å². The topological polar surface area (TPSA) is 91.7 Å². The zero-order chi connectivity index (χ0) is 21.5. The van der Waals surface area contributed by atoms with E-state index in [0.29, 0.717) is 32.4 Å². The smallest absolute Gasteiger partial charge is 0.287 e. The molecule has 1 saturated heterocycles. The van der Waals surface area contributed by atoms with E-state index in [4.69, 9.17) is 4.42 Å². The minimum Gasteiger partial charge on any atom is -0.459 e. The van der Waals surface area contributed by atoms with Crippen molar-refractivity contribution in [3.63, 3.8) is 0 Å². The van der Waals surface area contributed by atoms with Crippen molar-refractivity contribution in [2.75, 3.05) is 13.1 Å². The lowest BCUT2D eigenvalue weighted by Gasteiger charge is -2.34. The average Bonchev–Trinajstić information content (AvgIpc) is 3.28. The van der Waals surface area contributed by atoms with Crippen LogP contribution in [0, 0.1) is 5.92 Å². The summed E-state index contributed by atoms with van der Waals surface area (Å²) in [5.74, 6) is -0.419. The molecule has 0 bridgehead atoms. The Morgan fingerprint density at radius 1 is 1.03 bits per heavy atom. The molecule has 2 aromatic rings. The second-order valence-electron chi connectivity index (χ2n) is 7.96. The standard InChI is InChI=1S/C23H29N3O4/c1-16(2)24-21(27)18-10-12-26(13-11-18)23(29)19(15-17-7-4-3-5-8-17)25-22(28)20-9-6-14-30-20/h3-9,14,16,18-19H,10-13,15H2,1-2H3,(H,24,27)(H,25,28). The van der Waals surface area contributed by atoms with Crippen molar-refractivity contribution in [1.29, 1.82) is 0 Å². The third kappa shape index (κ3) is 5.72. The van der Waals surface area contributed by atoms with E-state index >= 15 is 0 Å². The molecule has 1 fully saturated rings. The predicted molar refractivity (Wildman–Crippen MR) is 113 cm³/mol. The van der Waals surface area contributed by atoms with Crippen molar-refractivity contribution < 1.29 is 18.8 Å². The normalized spacial score (nSPS) is 15.6. The van der Waals surface area contributed by atoms with E-state index in [1.807, 2.05) is 44.2 Å². The van der Waals surface area contributed by atoms with Crippen LogP contribution in [0.2, 0.25) is 0 Å². The lowest BCUT2D eigenvalue weighted by atomic mass is 9.94. The first-order valence-electron chi connectivity index (χ1n) is 10.4. The highest BCUT2D eigenvalue weighted by atomic mass is 16.3. The Labute approximate surface area is 176 Å². The van der Waals surface area contributed by atoms with Crippen molar-refractivity contribution in [2.45, 2.75) is 45.2 Å². The van der Waals surface area contributed by atoms with Gasteiger partial charge in [0.05, 0.1) is 6.26 Å². The van der Waals surface area contributed by atoms with E-state index < -0.39 is 11.9 Å². The molecule has 1 aromatic carbocycles. The molecule has 1 aliphatic heterocycles. The number of hydrogen-bond acceptors (Lipinski definition) is 4. The molecule has 7 heteroatoms. The van der Waals surface area contributed by atoms with Gasteiger partial charge in [0.2, 0.25) is 11.8 Å². The summed E-state index contributed by atoms with van der Waals surface area (Å²) in [4.78, 5) is 39.8. The predicted octanol–water partition coefficient (Wildman–Crippen LogP) is 2.38. The molecule has 3 rings (SSSR count). The number of rotatable bonds is 7. The summed E-state index contributed by atoms with van der Waals surface area (Å²) >= 11 is 0. The lowest BCUT2D eigenvalue weighted by molar-refractivity contribution is -0.137. The molecule has 0 saturated carbocycles. The van der Waals surface area contributed by atoms with Gasteiger partial charge >= 0.3 is 0 Å². The number of amides is 3. The minimum absolute atomic E-state index is 0.0454. The summed E-state index contributed by atoms with van der Waals surface area (Å²) in [5.41, 5.74) is 0.960.